The Morgan fingerprint density at radius 2 is 1.70 bits per heavy atom. The lowest BCUT2D eigenvalue weighted by molar-refractivity contribution is 0.0562. The van der Waals surface area contributed by atoms with Crippen molar-refractivity contribution in [1.82, 2.24) is 14.8 Å². The van der Waals surface area contributed by atoms with Gasteiger partial charge in [-0.25, -0.2) is 14.6 Å². The number of aromatic nitrogens is 1. The van der Waals surface area contributed by atoms with Gasteiger partial charge in [0.25, 0.3) is 5.91 Å². The highest BCUT2D eigenvalue weighted by molar-refractivity contribution is 5.94. The highest BCUT2D eigenvalue weighted by atomic mass is 16.6. The van der Waals surface area contributed by atoms with E-state index in [1.807, 2.05) is 0 Å². The molecule has 2 rings (SSSR count). The number of hydrogen-bond donors (Lipinski definition) is 0. The monoisotopic (exact) mass is 321 g/mol. The Hall–Kier alpha value is -2.64. The van der Waals surface area contributed by atoms with Crippen molar-refractivity contribution in [3.05, 3.63) is 29.6 Å². The molecule has 2 heterocycles. The van der Waals surface area contributed by atoms with E-state index in [9.17, 15) is 14.4 Å². The minimum absolute atomic E-state index is 0.0866. The maximum atomic E-state index is 12.4. The van der Waals surface area contributed by atoms with Gasteiger partial charge in [-0.05, 0) is 19.1 Å². The van der Waals surface area contributed by atoms with Crippen LogP contribution in [0.2, 0.25) is 0 Å². The number of rotatable bonds is 3. The summed E-state index contributed by atoms with van der Waals surface area (Å²) < 4.78 is 9.53. The molecule has 0 bridgehead atoms. The minimum Gasteiger partial charge on any atom is -0.464 e. The van der Waals surface area contributed by atoms with Crippen LogP contribution in [-0.2, 0) is 9.47 Å². The largest absolute Gasteiger partial charge is 0.464 e. The fourth-order valence-corrected chi connectivity index (χ4v) is 2.24. The molecule has 1 aromatic rings. The third-order valence-corrected chi connectivity index (χ3v) is 3.46. The zero-order valence-corrected chi connectivity index (χ0v) is 13.2. The molecular formula is C15H19N3O5. The molecule has 0 aromatic carbocycles. The summed E-state index contributed by atoms with van der Waals surface area (Å²) in [6, 6.07) is 4.62. The van der Waals surface area contributed by atoms with Gasteiger partial charge in [-0.15, -0.1) is 0 Å². The van der Waals surface area contributed by atoms with Gasteiger partial charge in [0.05, 0.1) is 13.7 Å². The minimum atomic E-state index is -0.591. The summed E-state index contributed by atoms with van der Waals surface area (Å²) in [5, 5.41) is 0. The normalized spacial score (nSPS) is 14.3. The number of carbonyl (C=O) groups is 3. The van der Waals surface area contributed by atoms with Gasteiger partial charge in [0, 0.05) is 26.2 Å². The van der Waals surface area contributed by atoms with Crippen LogP contribution in [-0.4, -0.2) is 72.6 Å². The first-order valence-corrected chi connectivity index (χ1v) is 7.33. The predicted molar refractivity (Wildman–Crippen MR) is 80.1 cm³/mol. The number of esters is 1. The van der Waals surface area contributed by atoms with E-state index in [0.29, 0.717) is 32.8 Å². The number of nitrogens with zero attached hydrogens (tertiary/aromatic N) is 3. The van der Waals surface area contributed by atoms with Crippen molar-refractivity contribution in [3.63, 3.8) is 0 Å². The van der Waals surface area contributed by atoms with Crippen molar-refractivity contribution in [2.24, 2.45) is 0 Å². The Kier molecular flexibility index (Phi) is 5.51. The van der Waals surface area contributed by atoms with E-state index < -0.39 is 5.97 Å². The van der Waals surface area contributed by atoms with Crippen LogP contribution in [0.5, 0.6) is 0 Å². The van der Waals surface area contributed by atoms with E-state index in [-0.39, 0.29) is 23.4 Å². The number of methoxy groups -OCH3 is 1. The lowest BCUT2D eigenvalue weighted by Gasteiger charge is -2.33. The fraction of sp³-hybridized carbons (Fsp3) is 0.467. The topological polar surface area (TPSA) is 89.0 Å². The molecule has 1 aliphatic heterocycles. The van der Waals surface area contributed by atoms with Crippen LogP contribution in [0.3, 0.4) is 0 Å². The van der Waals surface area contributed by atoms with Gasteiger partial charge in [-0.1, -0.05) is 6.07 Å². The fourth-order valence-electron chi connectivity index (χ4n) is 2.24. The lowest BCUT2D eigenvalue weighted by Crippen LogP contribution is -2.50. The molecule has 124 valence electrons. The molecular weight excluding hydrogens is 302 g/mol. The molecule has 0 atom stereocenters. The summed E-state index contributed by atoms with van der Waals surface area (Å²) in [4.78, 5) is 42.7. The van der Waals surface area contributed by atoms with E-state index in [1.54, 1.807) is 28.9 Å². The van der Waals surface area contributed by atoms with Crippen LogP contribution in [0.1, 0.15) is 27.9 Å². The van der Waals surface area contributed by atoms with Crippen molar-refractivity contribution in [2.45, 2.75) is 6.92 Å². The first kappa shape index (κ1) is 16.7. The Bertz CT molecular complexity index is 597. The molecule has 0 aliphatic carbocycles. The van der Waals surface area contributed by atoms with Crippen molar-refractivity contribution in [1.29, 1.82) is 0 Å². The summed E-state index contributed by atoms with van der Waals surface area (Å²) >= 11 is 0. The van der Waals surface area contributed by atoms with E-state index >= 15 is 0 Å². The Labute approximate surface area is 134 Å². The summed E-state index contributed by atoms with van der Waals surface area (Å²) in [6.45, 7) is 3.66. The van der Waals surface area contributed by atoms with E-state index in [4.69, 9.17) is 4.74 Å². The average molecular weight is 321 g/mol. The predicted octanol–water partition coefficient (Wildman–Crippen LogP) is 0.783. The smallest absolute Gasteiger partial charge is 0.409 e. The molecule has 2 amide bonds. The summed E-state index contributed by atoms with van der Waals surface area (Å²) in [6.07, 6.45) is -0.370. The Morgan fingerprint density at radius 1 is 1.09 bits per heavy atom. The van der Waals surface area contributed by atoms with Gasteiger partial charge >= 0.3 is 12.1 Å². The Balaban J connectivity index is 2.00. The first-order valence-electron chi connectivity index (χ1n) is 7.33. The van der Waals surface area contributed by atoms with Gasteiger partial charge < -0.3 is 19.3 Å². The molecule has 23 heavy (non-hydrogen) atoms. The second-order valence-electron chi connectivity index (χ2n) is 4.88. The molecule has 8 nitrogen and oxygen atoms in total. The third kappa shape index (κ3) is 3.97. The second-order valence-corrected chi connectivity index (χ2v) is 4.88. The van der Waals surface area contributed by atoms with Crippen molar-refractivity contribution >= 4 is 18.0 Å². The summed E-state index contributed by atoms with van der Waals surface area (Å²) in [7, 11) is 1.26. The van der Waals surface area contributed by atoms with Gasteiger partial charge in [0.2, 0.25) is 0 Å². The second kappa shape index (κ2) is 7.57. The quantitative estimate of drug-likeness (QED) is 0.765. The van der Waals surface area contributed by atoms with Crippen LogP contribution < -0.4 is 0 Å². The highest BCUT2D eigenvalue weighted by Gasteiger charge is 2.26. The number of piperazine rings is 1. The van der Waals surface area contributed by atoms with Crippen LogP contribution in [0.25, 0.3) is 0 Å². The number of ether oxygens (including phenoxy) is 2. The maximum absolute atomic E-state index is 12.4. The van der Waals surface area contributed by atoms with Crippen molar-refractivity contribution in [3.8, 4) is 0 Å². The van der Waals surface area contributed by atoms with Crippen LogP contribution in [0, 0.1) is 0 Å². The highest BCUT2D eigenvalue weighted by Crippen LogP contribution is 2.09. The molecule has 1 aliphatic rings. The number of hydrogen-bond acceptors (Lipinski definition) is 6. The van der Waals surface area contributed by atoms with Crippen molar-refractivity contribution in [2.75, 3.05) is 39.9 Å². The SMILES string of the molecule is CCOC(=O)N1CCN(C(=O)c2cccc(C(=O)OC)n2)CC1. The molecule has 1 aromatic heterocycles. The molecule has 1 saturated heterocycles. The van der Waals surface area contributed by atoms with Gasteiger partial charge in [-0.3, -0.25) is 4.79 Å². The van der Waals surface area contributed by atoms with Gasteiger partial charge in [0.1, 0.15) is 11.4 Å². The molecule has 0 radical (unpaired) electrons. The Morgan fingerprint density at radius 3 is 2.30 bits per heavy atom. The molecule has 0 saturated carbocycles. The average Bonchev–Trinajstić information content (AvgIpc) is 2.60. The summed E-state index contributed by atoms with van der Waals surface area (Å²) in [5.41, 5.74) is 0.265. The molecule has 0 spiro atoms. The number of pyridine rings is 1. The van der Waals surface area contributed by atoms with Gasteiger partial charge in [-0.2, -0.15) is 0 Å². The third-order valence-electron chi connectivity index (χ3n) is 3.46. The van der Waals surface area contributed by atoms with E-state index in [1.165, 1.54) is 13.2 Å². The zero-order valence-electron chi connectivity index (χ0n) is 13.2. The zero-order chi connectivity index (χ0) is 16.8. The number of amides is 2. The summed E-state index contributed by atoms with van der Waals surface area (Å²) in [5.74, 6) is -0.869. The molecule has 1 fully saturated rings. The lowest BCUT2D eigenvalue weighted by atomic mass is 10.2. The van der Waals surface area contributed by atoms with E-state index in [0.717, 1.165) is 0 Å². The molecule has 0 unspecified atom stereocenters. The van der Waals surface area contributed by atoms with Crippen LogP contribution in [0.4, 0.5) is 4.79 Å². The molecule has 0 N–H and O–H groups in total. The van der Waals surface area contributed by atoms with Gasteiger partial charge in [0.15, 0.2) is 0 Å². The molecule has 8 heteroatoms. The van der Waals surface area contributed by atoms with Crippen LogP contribution >= 0.6 is 0 Å². The van der Waals surface area contributed by atoms with Crippen molar-refractivity contribution < 1.29 is 23.9 Å². The standard InChI is InChI=1S/C15H19N3O5/c1-3-23-15(21)18-9-7-17(8-10-18)13(19)11-5-4-6-12(16-11)14(20)22-2/h4-6H,3,7-10H2,1-2H3. The maximum Gasteiger partial charge on any atom is 0.409 e. The van der Waals surface area contributed by atoms with E-state index in [2.05, 4.69) is 9.72 Å². The number of carbonyl (C=O) groups excluding carboxylic acids is 3. The van der Waals surface area contributed by atoms with Crippen LogP contribution in [0.15, 0.2) is 18.2 Å². The first-order chi connectivity index (χ1) is 11.1.